The number of rotatable bonds is 2. The van der Waals surface area contributed by atoms with Crippen molar-refractivity contribution < 1.29 is 67.3 Å². The molecule has 6 nitrogen and oxygen atoms in total. The fourth-order valence-electron chi connectivity index (χ4n) is 8.29. The van der Waals surface area contributed by atoms with Crippen LogP contribution in [-0.2, 0) is 9.59 Å². The molecule has 0 radical (unpaired) electrons. The zero-order chi connectivity index (χ0) is 35.7. The normalized spacial score (nSPS) is 21.3. The maximum Gasteiger partial charge on any atom is 1.00 e. The molecule has 0 unspecified atom stereocenters. The third kappa shape index (κ3) is 7.19. The van der Waals surface area contributed by atoms with Gasteiger partial charge in [-0.1, -0.05) is 12.1 Å². The van der Waals surface area contributed by atoms with E-state index in [9.17, 15) is 32.3 Å². The molecule has 4 aliphatic rings. The van der Waals surface area contributed by atoms with Gasteiger partial charge in [0.25, 0.3) is 11.8 Å². The van der Waals surface area contributed by atoms with Crippen molar-refractivity contribution in [3.8, 4) is 0 Å². The Morgan fingerprint density at radius 3 is 1.30 bits per heavy atom. The minimum Gasteiger partial charge on any atom is -0.870 e. The van der Waals surface area contributed by atoms with Gasteiger partial charge in [0, 0.05) is 31.3 Å². The molecule has 2 aromatic rings. The molecule has 2 aliphatic heterocycles. The zero-order valence-corrected chi connectivity index (χ0v) is 33.0. The van der Waals surface area contributed by atoms with Crippen LogP contribution in [0.3, 0.4) is 0 Å². The number of carbonyl (C=O) groups is 2. The quantitative estimate of drug-likeness (QED) is 0.268. The van der Waals surface area contributed by atoms with E-state index in [2.05, 4.69) is 30.5 Å². The minimum atomic E-state index is -2.72. The molecule has 2 amide bonds. The maximum atomic E-state index is 13.6. The fourth-order valence-corrected chi connectivity index (χ4v) is 8.29. The van der Waals surface area contributed by atoms with E-state index in [4.69, 9.17) is 0 Å². The molecule has 0 bridgehead atoms. The van der Waals surface area contributed by atoms with Crippen LogP contribution in [0.15, 0.2) is 23.5 Å². The van der Waals surface area contributed by atoms with Crippen molar-refractivity contribution in [2.75, 3.05) is 0 Å². The molecular weight excluding hydrogens is 659 g/mol. The van der Waals surface area contributed by atoms with Gasteiger partial charge in [-0.25, -0.2) is 17.6 Å². The maximum absolute atomic E-state index is 13.6. The second kappa shape index (κ2) is 14.4. The first-order chi connectivity index (χ1) is 22.2. The van der Waals surface area contributed by atoms with Crippen LogP contribution in [0, 0.1) is 55.4 Å². The van der Waals surface area contributed by atoms with Gasteiger partial charge in [-0.15, -0.1) is 0 Å². The molecule has 2 aromatic carbocycles. The predicted molar refractivity (Wildman–Crippen MR) is 183 cm³/mol. The van der Waals surface area contributed by atoms with Gasteiger partial charge in [0.05, 0.1) is 16.7 Å². The largest absolute Gasteiger partial charge is 1.00 e. The van der Waals surface area contributed by atoms with Crippen LogP contribution >= 0.6 is 0 Å². The third-order valence-corrected chi connectivity index (χ3v) is 11.8. The number of aliphatic hydroxyl groups excluding tert-OH is 1. The first-order valence-electron chi connectivity index (χ1n) is 16.9. The number of nitrogens with one attached hydrogen (secondary N) is 2. The van der Waals surface area contributed by atoms with E-state index < -0.39 is 22.9 Å². The van der Waals surface area contributed by atoms with Gasteiger partial charge in [-0.2, -0.15) is 0 Å². The van der Waals surface area contributed by atoms with Crippen LogP contribution in [0.4, 0.5) is 17.6 Å². The molecule has 4 N–H and O–H groups in total. The number of halogens is 4. The van der Waals surface area contributed by atoms with E-state index >= 15 is 0 Å². The van der Waals surface area contributed by atoms with Crippen molar-refractivity contribution in [3.05, 3.63) is 79.1 Å². The molecule has 2 saturated carbocycles. The average molecular weight is 709 g/mol. The Bertz CT molecular complexity index is 1650. The van der Waals surface area contributed by atoms with Crippen LogP contribution in [0.5, 0.6) is 0 Å². The number of hydrogen-bond acceptors (Lipinski definition) is 4. The fraction of sp³-hybridized carbons (Fsp3) is 0.538. The molecule has 6 rings (SSSR count). The second-order valence-electron chi connectivity index (χ2n) is 14.8. The van der Waals surface area contributed by atoms with Gasteiger partial charge in [-0.05, 0) is 149 Å². The smallest absolute Gasteiger partial charge is 0.870 e. The molecule has 2 heterocycles. The van der Waals surface area contributed by atoms with Gasteiger partial charge in [0.15, 0.2) is 0 Å². The molecular formula is C39H49F4N2NaO4. The monoisotopic (exact) mass is 708 g/mol. The van der Waals surface area contributed by atoms with E-state index in [0.717, 1.165) is 50.1 Å². The van der Waals surface area contributed by atoms with Gasteiger partial charge in [0.1, 0.15) is 5.76 Å². The summed E-state index contributed by atoms with van der Waals surface area (Å²) in [7, 11) is 0. The van der Waals surface area contributed by atoms with E-state index in [1.165, 1.54) is 11.1 Å². The number of carbonyl (C=O) groups excluding carboxylic acids is 2. The van der Waals surface area contributed by atoms with Gasteiger partial charge >= 0.3 is 29.6 Å². The standard InChI is InChI=1S/C20H25F2NO.C19H23F2NO2.Na.H2O/c1-11-10-12(2)16(14(4)13(11)3)17-15(5)19(23-18(17)24)6-8-20(21,22)9-7-19;1-10-9-11(2)14(13(4)12(10)3)15-16(23)18(22-17(15)24)5-7-19(20,21)8-6-18;;/h10H,6-9H2,1-5H3,(H,23,24);9,23H,5-8H2,1-4H3,(H,22,24);;1H2/q;;+1;/p-1. The summed E-state index contributed by atoms with van der Waals surface area (Å²) in [5, 5.41) is 16.7. The summed E-state index contributed by atoms with van der Waals surface area (Å²) in [6, 6.07) is 4.09. The number of benzene rings is 2. The van der Waals surface area contributed by atoms with Gasteiger partial charge in [-0.3, -0.25) is 9.59 Å². The van der Waals surface area contributed by atoms with Crippen LogP contribution < -0.4 is 40.2 Å². The Hall–Kier alpha value is -2.66. The molecule has 268 valence electrons. The van der Waals surface area contributed by atoms with Gasteiger partial charge < -0.3 is 21.2 Å². The number of aliphatic hydroxyl groups is 1. The minimum absolute atomic E-state index is 0. The van der Waals surface area contributed by atoms with E-state index in [1.54, 1.807) is 0 Å². The molecule has 2 spiro atoms. The summed E-state index contributed by atoms with van der Waals surface area (Å²) in [5.41, 5.74) is 10.5. The Labute approximate surface area is 315 Å². The summed E-state index contributed by atoms with van der Waals surface area (Å²) >= 11 is 0. The molecule has 2 aliphatic carbocycles. The van der Waals surface area contributed by atoms with Crippen molar-refractivity contribution in [1.29, 1.82) is 0 Å². The topological polar surface area (TPSA) is 108 Å². The molecule has 50 heavy (non-hydrogen) atoms. The summed E-state index contributed by atoms with van der Waals surface area (Å²) in [6.07, 6.45) is -0.237. The van der Waals surface area contributed by atoms with Crippen LogP contribution in [0.2, 0.25) is 0 Å². The van der Waals surface area contributed by atoms with Gasteiger partial charge in [0.2, 0.25) is 11.8 Å². The average Bonchev–Trinajstić information content (AvgIpc) is 3.38. The van der Waals surface area contributed by atoms with Crippen molar-refractivity contribution in [2.24, 2.45) is 0 Å². The van der Waals surface area contributed by atoms with E-state index in [-0.39, 0.29) is 96.7 Å². The Kier molecular flexibility index (Phi) is 12.0. The van der Waals surface area contributed by atoms with E-state index in [0.29, 0.717) is 18.4 Å². The number of hydrogen-bond donors (Lipinski definition) is 3. The second-order valence-corrected chi connectivity index (χ2v) is 14.8. The summed E-state index contributed by atoms with van der Waals surface area (Å²) in [4.78, 5) is 25.4. The summed E-state index contributed by atoms with van der Waals surface area (Å²) < 4.78 is 54.2. The molecule has 2 fully saturated rings. The Balaban J connectivity index is 0.000000260. The van der Waals surface area contributed by atoms with Crippen LogP contribution in [-0.4, -0.2) is 45.3 Å². The third-order valence-electron chi connectivity index (χ3n) is 11.8. The first kappa shape index (κ1) is 41.8. The van der Waals surface area contributed by atoms with Crippen molar-refractivity contribution in [3.63, 3.8) is 0 Å². The van der Waals surface area contributed by atoms with Crippen molar-refractivity contribution in [2.45, 2.75) is 137 Å². The molecule has 11 heteroatoms. The molecule has 0 aromatic heterocycles. The molecule has 0 saturated heterocycles. The molecule has 0 atom stereocenters. The number of aryl methyl sites for hydroxylation is 4. The van der Waals surface area contributed by atoms with Crippen molar-refractivity contribution >= 4 is 23.0 Å². The van der Waals surface area contributed by atoms with Crippen molar-refractivity contribution in [1.82, 2.24) is 10.6 Å². The zero-order valence-electron chi connectivity index (χ0n) is 31.0. The van der Waals surface area contributed by atoms with E-state index in [1.807, 2.05) is 54.5 Å². The summed E-state index contributed by atoms with van der Waals surface area (Å²) in [5.74, 6) is -5.88. The first-order valence-corrected chi connectivity index (χ1v) is 16.9. The SMILES string of the molecule is CC1=C(c2c(C)cc(C)c(C)c2C)C(=O)NC12CCC(F)(F)CC2.Cc1cc(C)c(C2=C(O)C3(CCC(F)(F)CC3)NC2=O)c(C)c1C.[Na+].[OH-]. The number of alkyl halides is 4. The van der Waals surface area contributed by atoms with Crippen LogP contribution in [0.25, 0.3) is 11.1 Å². The number of amides is 2. The Morgan fingerprint density at radius 2 is 0.880 bits per heavy atom. The summed E-state index contributed by atoms with van der Waals surface area (Å²) in [6.45, 7) is 17.9. The predicted octanol–water partition coefficient (Wildman–Crippen LogP) is 5.87. The Morgan fingerprint density at radius 1 is 0.540 bits per heavy atom. The van der Waals surface area contributed by atoms with Crippen LogP contribution in [0.1, 0.15) is 114 Å².